The van der Waals surface area contributed by atoms with Gasteiger partial charge in [-0.25, -0.2) is 4.79 Å². The summed E-state index contributed by atoms with van der Waals surface area (Å²) in [5, 5.41) is 2.50. The third-order valence-electron chi connectivity index (χ3n) is 2.95. The van der Waals surface area contributed by atoms with Crippen LogP contribution in [-0.2, 0) is 6.54 Å². The van der Waals surface area contributed by atoms with Crippen LogP contribution in [0.2, 0.25) is 0 Å². The summed E-state index contributed by atoms with van der Waals surface area (Å²) in [6.45, 7) is 2.32. The SMILES string of the molecule is CCOc1ccccc1OC(=O)NCc1ccc(OC(F)(F)F)cc1. The third-order valence-corrected chi connectivity index (χ3v) is 2.95. The molecular weight excluding hydrogens is 339 g/mol. The van der Waals surface area contributed by atoms with Crippen molar-refractivity contribution in [3.8, 4) is 17.2 Å². The van der Waals surface area contributed by atoms with E-state index in [0.717, 1.165) is 0 Å². The number of ether oxygens (including phenoxy) is 3. The molecule has 0 bridgehead atoms. The van der Waals surface area contributed by atoms with E-state index >= 15 is 0 Å². The molecule has 1 N–H and O–H groups in total. The molecule has 0 unspecified atom stereocenters. The molecule has 0 aliphatic heterocycles. The number of para-hydroxylation sites is 2. The van der Waals surface area contributed by atoms with Gasteiger partial charge in [-0.3, -0.25) is 0 Å². The van der Waals surface area contributed by atoms with E-state index in [1.165, 1.54) is 24.3 Å². The summed E-state index contributed by atoms with van der Waals surface area (Å²) < 4.78 is 50.5. The van der Waals surface area contributed by atoms with Crippen LogP contribution >= 0.6 is 0 Å². The van der Waals surface area contributed by atoms with Gasteiger partial charge in [0.15, 0.2) is 11.5 Å². The minimum absolute atomic E-state index is 0.0853. The van der Waals surface area contributed by atoms with Crippen molar-refractivity contribution in [3.05, 3.63) is 54.1 Å². The van der Waals surface area contributed by atoms with Gasteiger partial charge in [0.1, 0.15) is 5.75 Å². The molecule has 0 aliphatic rings. The molecule has 134 valence electrons. The summed E-state index contributed by atoms with van der Waals surface area (Å²) in [6.07, 6.45) is -5.44. The Morgan fingerprint density at radius 2 is 1.68 bits per heavy atom. The first kappa shape index (κ1) is 18.4. The first-order valence-electron chi connectivity index (χ1n) is 7.39. The molecular formula is C17H16F3NO4. The molecule has 8 heteroatoms. The maximum Gasteiger partial charge on any atom is 0.573 e. The summed E-state index contributed by atoms with van der Waals surface area (Å²) in [7, 11) is 0. The van der Waals surface area contributed by atoms with Gasteiger partial charge in [-0.2, -0.15) is 0 Å². The highest BCUT2D eigenvalue weighted by atomic mass is 19.4. The Kier molecular flexibility index (Phi) is 6.10. The number of hydrogen-bond acceptors (Lipinski definition) is 4. The van der Waals surface area contributed by atoms with Crippen LogP contribution in [0.3, 0.4) is 0 Å². The highest BCUT2D eigenvalue weighted by molar-refractivity contribution is 5.71. The van der Waals surface area contributed by atoms with Gasteiger partial charge < -0.3 is 19.5 Å². The van der Waals surface area contributed by atoms with Crippen molar-refractivity contribution in [3.63, 3.8) is 0 Å². The lowest BCUT2D eigenvalue weighted by atomic mass is 10.2. The Bertz CT molecular complexity index is 702. The fourth-order valence-electron chi connectivity index (χ4n) is 1.93. The number of benzene rings is 2. The van der Waals surface area contributed by atoms with Gasteiger partial charge in [0.25, 0.3) is 0 Å². The van der Waals surface area contributed by atoms with Crippen LogP contribution in [0.5, 0.6) is 17.2 Å². The average molecular weight is 355 g/mol. The zero-order valence-corrected chi connectivity index (χ0v) is 13.3. The topological polar surface area (TPSA) is 56.8 Å². The van der Waals surface area contributed by atoms with Crippen LogP contribution in [0.1, 0.15) is 12.5 Å². The van der Waals surface area contributed by atoms with E-state index < -0.39 is 12.5 Å². The van der Waals surface area contributed by atoms with Crippen molar-refractivity contribution in [2.75, 3.05) is 6.61 Å². The Morgan fingerprint density at radius 3 is 2.28 bits per heavy atom. The lowest BCUT2D eigenvalue weighted by Crippen LogP contribution is -2.26. The van der Waals surface area contributed by atoms with Crippen molar-refractivity contribution >= 4 is 6.09 Å². The predicted octanol–water partition coefficient (Wildman–Crippen LogP) is 4.27. The number of rotatable bonds is 6. The van der Waals surface area contributed by atoms with Crippen LogP contribution in [0.15, 0.2) is 48.5 Å². The van der Waals surface area contributed by atoms with E-state index in [4.69, 9.17) is 9.47 Å². The van der Waals surface area contributed by atoms with Gasteiger partial charge in [0, 0.05) is 6.54 Å². The van der Waals surface area contributed by atoms with E-state index in [2.05, 4.69) is 10.1 Å². The number of carbonyl (C=O) groups excluding carboxylic acids is 1. The van der Waals surface area contributed by atoms with E-state index in [0.29, 0.717) is 17.9 Å². The van der Waals surface area contributed by atoms with Crippen molar-refractivity contribution in [2.24, 2.45) is 0 Å². The minimum atomic E-state index is -4.74. The van der Waals surface area contributed by atoms with Crippen molar-refractivity contribution in [1.29, 1.82) is 0 Å². The largest absolute Gasteiger partial charge is 0.573 e. The number of nitrogens with one attached hydrogen (secondary N) is 1. The molecule has 0 saturated carbocycles. The molecule has 0 aromatic heterocycles. The second-order valence-corrected chi connectivity index (χ2v) is 4.81. The Balaban J connectivity index is 1.88. The molecule has 0 heterocycles. The molecule has 0 atom stereocenters. The second kappa shape index (κ2) is 8.27. The molecule has 0 aliphatic carbocycles. The van der Waals surface area contributed by atoms with Crippen molar-refractivity contribution < 1.29 is 32.2 Å². The van der Waals surface area contributed by atoms with Crippen LogP contribution in [0, 0.1) is 0 Å². The molecule has 0 spiro atoms. The fraction of sp³-hybridized carbons (Fsp3) is 0.235. The summed E-state index contributed by atoms with van der Waals surface area (Å²) in [5.41, 5.74) is 0.588. The molecule has 0 fully saturated rings. The highest BCUT2D eigenvalue weighted by Crippen LogP contribution is 2.26. The van der Waals surface area contributed by atoms with Crippen LogP contribution in [0.4, 0.5) is 18.0 Å². The minimum Gasteiger partial charge on any atom is -0.490 e. The summed E-state index contributed by atoms with van der Waals surface area (Å²) in [6, 6.07) is 11.9. The third kappa shape index (κ3) is 6.25. The van der Waals surface area contributed by atoms with Crippen LogP contribution < -0.4 is 19.5 Å². The Morgan fingerprint density at radius 1 is 1.04 bits per heavy atom. The standard InChI is InChI=1S/C17H16F3NO4/c1-2-23-14-5-3-4-6-15(14)24-16(22)21-11-12-7-9-13(10-8-12)25-17(18,19)20/h3-10H,2,11H2,1H3,(H,21,22). The molecule has 1 amide bonds. The van der Waals surface area contributed by atoms with Gasteiger partial charge in [0.05, 0.1) is 6.61 Å². The summed E-state index contributed by atoms with van der Waals surface area (Å²) in [4.78, 5) is 11.8. The van der Waals surface area contributed by atoms with E-state index in [-0.39, 0.29) is 18.0 Å². The maximum absolute atomic E-state index is 12.1. The molecule has 2 rings (SSSR count). The monoisotopic (exact) mass is 355 g/mol. The maximum atomic E-state index is 12.1. The fourth-order valence-corrected chi connectivity index (χ4v) is 1.93. The average Bonchev–Trinajstić information content (AvgIpc) is 2.55. The predicted molar refractivity (Wildman–Crippen MR) is 83.6 cm³/mol. The first-order chi connectivity index (χ1) is 11.9. The number of amides is 1. The Hall–Kier alpha value is -2.90. The normalized spacial score (nSPS) is 10.9. The summed E-state index contributed by atoms with van der Waals surface area (Å²) in [5.74, 6) is 0.383. The lowest BCUT2D eigenvalue weighted by molar-refractivity contribution is -0.274. The van der Waals surface area contributed by atoms with Gasteiger partial charge in [-0.15, -0.1) is 13.2 Å². The zero-order chi connectivity index (χ0) is 18.3. The quantitative estimate of drug-likeness (QED) is 0.841. The van der Waals surface area contributed by atoms with Gasteiger partial charge >= 0.3 is 12.5 Å². The Labute approximate surface area is 142 Å². The molecule has 0 saturated heterocycles. The molecule has 25 heavy (non-hydrogen) atoms. The lowest BCUT2D eigenvalue weighted by Gasteiger charge is -2.11. The van der Waals surface area contributed by atoms with Gasteiger partial charge in [-0.05, 0) is 36.8 Å². The van der Waals surface area contributed by atoms with Crippen LogP contribution in [0.25, 0.3) is 0 Å². The molecule has 5 nitrogen and oxygen atoms in total. The smallest absolute Gasteiger partial charge is 0.490 e. The molecule has 0 radical (unpaired) electrons. The van der Waals surface area contributed by atoms with E-state index in [1.807, 2.05) is 6.92 Å². The molecule has 2 aromatic rings. The molecule has 2 aromatic carbocycles. The van der Waals surface area contributed by atoms with Crippen molar-refractivity contribution in [1.82, 2.24) is 5.32 Å². The first-order valence-corrected chi connectivity index (χ1v) is 7.39. The number of halogens is 3. The van der Waals surface area contributed by atoms with Gasteiger partial charge in [0.2, 0.25) is 0 Å². The second-order valence-electron chi connectivity index (χ2n) is 4.81. The van der Waals surface area contributed by atoms with Crippen LogP contribution in [-0.4, -0.2) is 19.1 Å². The number of carbonyl (C=O) groups is 1. The number of hydrogen-bond donors (Lipinski definition) is 1. The van der Waals surface area contributed by atoms with Gasteiger partial charge in [-0.1, -0.05) is 24.3 Å². The van der Waals surface area contributed by atoms with Crippen molar-refractivity contribution in [2.45, 2.75) is 19.8 Å². The summed E-state index contributed by atoms with van der Waals surface area (Å²) >= 11 is 0. The highest BCUT2D eigenvalue weighted by Gasteiger charge is 2.30. The van der Waals surface area contributed by atoms with E-state index in [1.54, 1.807) is 24.3 Å². The van der Waals surface area contributed by atoms with E-state index in [9.17, 15) is 18.0 Å². The zero-order valence-electron chi connectivity index (χ0n) is 13.3. The number of alkyl halides is 3.